The van der Waals surface area contributed by atoms with Crippen molar-refractivity contribution in [3.63, 3.8) is 0 Å². The smallest absolute Gasteiger partial charge is 0.191 e. The highest BCUT2D eigenvalue weighted by atomic mass is 32.2. The van der Waals surface area contributed by atoms with Gasteiger partial charge in [0.1, 0.15) is 0 Å². The maximum Gasteiger partial charge on any atom is 0.191 e. The monoisotopic (exact) mass is 390 g/mol. The molecule has 2 N–H and O–H groups in total. The Morgan fingerprint density at radius 2 is 2.07 bits per heavy atom. The number of anilines is 1. The van der Waals surface area contributed by atoms with Crippen molar-refractivity contribution in [2.45, 2.75) is 43.4 Å². The molecule has 2 heterocycles. The van der Waals surface area contributed by atoms with Gasteiger partial charge < -0.3 is 20.3 Å². The van der Waals surface area contributed by atoms with E-state index < -0.39 is 0 Å². The first-order valence-corrected chi connectivity index (χ1v) is 11.2. The number of hydrogen-bond donors (Lipinski definition) is 2. The molecule has 0 radical (unpaired) electrons. The van der Waals surface area contributed by atoms with Gasteiger partial charge in [-0.2, -0.15) is 11.8 Å². The molecule has 150 valence electrons. The van der Waals surface area contributed by atoms with Crippen molar-refractivity contribution in [2.24, 2.45) is 4.99 Å². The number of piperidine rings is 1. The molecule has 2 aliphatic rings. The standard InChI is InChI=1S/C21H34N4OS/c1-3-27-21(11-14-26-15-12-21)17-23-20(22-2)24-18-8-7-13-25(16-18)19-9-5-4-6-10-19/h4-6,9-10,18H,3,7-8,11-17H2,1-2H3,(H2,22,23,24). The minimum absolute atomic E-state index is 0.271. The fourth-order valence-corrected chi connectivity index (χ4v) is 5.26. The lowest BCUT2D eigenvalue weighted by Crippen LogP contribution is -2.54. The van der Waals surface area contributed by atoms with Crippen LogP contribution in [-0.4, -0.2) is 62.4 Å². The quantitative estimate of drug-likeness (QED) is 0.577. The second-order valence-corrected chi connectivity index (χ2v) is 9.15. The van der Waals surface area contributed by atoms with Crippen LogP contribution < -0.4 is 15.5 Å². The van der Waals surface area contributed by atoms with Gasteiger partial charge >= 0.3 is 0 Å². The number of para-hydroxylation sites is 1. The van der Waals surface area contributed by atoms with Gasteiger partial charge in [-0.1, -0.05) is 25.1 Å². The molecule has 0 saturated carbocycles. The van der Waals surface area contributed by atoms with Crippen LogP contribution in [-0.2, 0) is 4.74 Å². The predicted octanol–water partition coefficient (Wildman–Crippen LogP) is 3.12. The number of benzene rings is 1. The van der Waals surface area contributed by atoms with Crippen molar-refractivity contribution in [3.05, 3.63) is 30.3 Å². The highest BCUT2D eigenvalue weighted by Crippen LogP contribution is 2.34. The third-order valence-corrected chi connectivity index (χ3v) is 6.99. The van der Waals surface area contributed by atoms with E-state index in [9.17, 15) is 0 Å². The largest absolute Gasteiger partial charge is 0.381 e. The van der Waals surface area contributed by atoms with Gasteiger partial charge in [-0.05, 0) is 43.6 Å². The minimum atomic E-state index is 0.271. The third kappa shape index (κ3) is 5.79. The molecule has 2 fully saturated rings. The van der Waals surface area contributed by atoms with Gasteiger partial charge in [0, 0.05) is 56.4 Å². The van der Waals surface area contributed by atoms with E-state index in [0.717, 1.165) is 57.4 Å². The first-order valence-electron chi connectivity index (χ1n) is 10.2. The van der Waals surface area contributed by atoms with Crippen molar-refractivity contribution >= 4 is 23.4 Å². The number of hydrogen-bond acceptors (Lipinski definition) is 4. The Morgan fingerprint density at radius 1 is 1.30 bits per heavy atom. The van der Waals surface area contributed by atoms with Crippen molar-refractivity contribution in [3.8, 4) is 0 Å². The topological polar surface area (TPSA) is 48.9 Å². The summed E-state index contributed by atoms with van der Waals surface area (Å²) in [5.74, 6) is 2.07. The van der Waals surface area contributed by atoms with Crippen LogP contribution in [0.4, 0.5) is 5.69 Å². The molecule has 6 heteroatoms. The molecule has 1 unspecified atom stereocenters. The molecule has 1 aromatic rings. The van der Waals surface area contributed by atoms with Crippen LogP contribution in [0.15, 0.2) is 35.3 Å². The zero-order chi connectivity index (χ0) is 19.0. The molecule has 0 aliphatic carbocycles. The number of rotatable bonds is 6. The molecule has 0 bridgehead atoms. The summed E-state index contributed by atoms with van der Waals surface area (Å²) >= 11 is 2.06. The van der Waals surface area contributed by atoms with E-state index in [1.165, 1.54) is 18.5 Å². The number of ether oxygens (including phenoxy) is 1. The van der Waals surface area contributed by atoms with E-state index in [4.69, 9.17) is 4.74 Å². The van der Waals surface area contributed by atoms with Gasteiger partial charge in [-0.15, -0.1) is 0 Å². The average Bonchev–Trinajstić information content (AvgIpc) is 2.73. The predicted molar refractivity (Wildman–Crippen MR) is 117 cm³/mol. The molecule has 0 amide bonds. The molecule has 0 spiro atoms. The van der Waals surface area contributed by atoms with Crippen LogP contribution in [0.25, 0.3) is 0 Å². The summed E-state index contributed by atoms with van der Waals surface area (Å²) in [6.45, 7) is 7.08. The zero-order valence-corrected chi connectivity index (χ0v) is 17.6. The maximum atomic E-state index is 5.59. The van der Waals surface area contributed by atoms with Gasteiger partial charge in [-0.3, -0.25) is 4.99 Å². The molecule has 2 saturated heterocycles. The van der Waals surface area contributed by atoms with E-state index in [0.29, 0.717) is 6.04 Å². The van der Waals surface area contributed by atoms with Crippen LogP contribution in [0.3, 0.4) is 0 Å². The summed E-state index contributed by atoms with van der Waals surface area (Å²) in [7, 11) is 1.87. The fraction of sp³-hybridized carbons (Fsp3) is 0.667. The normalized spacial score (nSPS) is 23.1. The van der Waals surface area contributed by atoms with Crippen LogP contribution in [0.2, 0.25) is 0 Å². The summed E-state index contributed by atoms with van der Waals surface area (Å²) in [4.78, 5) is 6.96. The Bertz CT molecular complexity index is 584. The summed E-state index contributed by atoms with van der Waals surface area (Å²) in [5, 5.41) is 7.27. The third-order valence-electron chi connectivity index (χ3n) is 5.54. The number of aliphatic imine (C=N–C) groups is 1. The lowest BCUT2D eigenvalue weighted by Gasteiger charge is -2.38. The Kier molecular flexibility index (Phi) is 7.70. The molecule has 27 heavy (non-hydrogen) atoms. The minimum Gasteiger partial charge on any atom is -0.381 e. The SMILES string of the molecule is CCSC1(CNC(=NC)NC2CCCN(c3ccccc3)C2)CCOCC1. The highest BCUT2D eigenvalue weighted by Gasteiger charge is 2.33. The average molecular weight is 391 g/mol. The highest BCUT2D eigenvalue weighted by molar-refractivity contribution is 8.00. The van der Waals surface area contributed by atoms with E-state index in [1.807, 2.05) is 7.05 Å². The zero-order valence-electron chi connectivity index (χ0n) is 16.7. The van der Waals surface area contributed by atoms with Gasteiger partial charge in [0.05, 0.1) is 0 Å². The van der Waals surface area contributed by atoms with Gasteiger partial charge in [0.25, 0.3) is 0 Å². The van der Waals surface area contributed by atoms with Gasteiger partial charge in [0.15, 0.2) is 5.96 Å². The van der Waals surface area contributed by atoms with Gasteiger partial charge in [-0.25, -0.2) is 0 Å². The Morgan fingerprint density at radius 3 is 2.78 bits per heavy atom. The van der Waals surface area contributed by atoms with E-state index in [1.54, 1.807) is 0 Å². The Balaban J connectivity index is 1.53. The second kappa shape index (κ2) is 10.2. The number of nitrogens with zero attached hydrogens (tertiary/aromatic N) is 2. The van der Waals surface area contributed by atoms with E-state index >= 15 is 0 Å². The molecular weight excluding hydrogens is 356 g/mol. The number of nitrogens with one attached hydrogen (secondary N) is 2. The van der Waals surface area contributed by atoms with Crippen molar-refractivity contribution in [2.75, 3.05) is 50.5 Å². The maximum absolute atomic E-state index is 5.59. The molecule has 2 aliphatic heterocycles. The molecule has 5 nitrogen and oxygen atoms in total. The van der Waals surface area contributed by atoms with Crippen LogP contribution >= 0.6 is 11.8 Å². The van der Waals surface area contributed by atoms with Crippen LogP contribution in [0, 0.1) is 0 Å². The van der Waals surface area contributed by atoms with Crippen molar-refractivity contribution in [1.29, 1.82) is 0 Å². The van der Waals surface area contributed by atoms with Crippen LogP contribution in [0.5, 0.6) is 0 Å². The molecule has 3 rings (SSSR count). The van der Waals surface area contributed by atoms with E-state index in [2.05, 4.69) is 69.5 Å². The number of guanidine groups is 1. The summed E-state index contributed by atoms with van der Waals surface area (Å²) in [5.41, 5.74) is 1.31. The Hall–Kier alpha value is -1.40. The summed E-state index contributed by atoms with van der Waals surface area (Å²) in [6, 6.07) is 11.1. The lowest BCUT2D eigenvalue weighted by molar-refractivity contribution is 0.0782. The summed E-state index contributed by atoms with van der Waals surface area (Å²) < 4.78 is 5.86. The Labute approximate surface area is 168 Å². The van der Waals surface area contributed by atoms with Crippen molar-refractivity contribution < 1.29 is 4.74 Å². The van der Waals surface area contributed by atoms with Gasteiger partial charge in [0.2, 0.25) is 0 Å². The number of thioether (sulfide) groups is 1. The molecule has 0 aromatic heterocycles. The lowest BCUT2D eigenvalue weighted by atomic mass is 9.99. The second-order valence-electron chi connectivity index (χ2n) is 7.42. The first-order chi connectivity index (χ1) is 13.2. The molecule has 1 atom stereocenters. The fourth-order valence-electron chi connectivity index (χ4n) is 4.02. The van der Waals surface area contributed by atoms with Crippen LogP contribution in [0.1, 0.15) is 32.6 Å². The molecular formula is C21H34N4OS. The summed E-state index contributed by atoms with van der Waals surface area (Å²) in [6.07, 6.45) is 4.62. The van der Waals surface area contributed by atoms with E-state index in [-0.39, 0.29) is 4.75 Å². The molecule has 1 aromatic carbocycles. The van der Waals surface area contributed by atoms with Crippen molar-refractivity contribution in [1.82, 2.24) is 10.6 Å². The first kappa shape index (κ1) is 20.3.